The van der Waals surface area contributed by atoms with Gasteiger partial charge in [0.25, 0.3) is 5.91 Å². The van der Waals surface area contributed by atoms with E-state index >= 15 is 0 Å². The highest BCUT2D eigenvalue weighted by molar-refractivity contribution is 5.94. The van der Waals surface area contributed by atoms with Crippen LogP contribution >= 0.6 is 12.4 Å². The lowest BCUT2D eigenvalue weighted by Gasteiger charge is -2.27. The zero-order valence-electron chi connectivity index (χ0n) is 12.0. The smallest absolute Gasteiger partial charge is 0.340 e. The molecule has 1 aliphatic rings. The Labute approximate surface area is 136 Å². The van der Waals surface area contributed by atoms with Crippen molar-refractivity contribution in [2.24, 2.45) is 0 Å². The van der Waals surface area contributed by atoms with Crippen molar-refractivity contribution in [1.82, 2.24) is 15.2 Å². The molecule has 1 aliphatic heterocycles. The van der Waals surface area contributed by atoms with Crippen LogP contribution in [0.3, 0.4) is 0 Å². The molecule has 1 aromatic rings. The molecule has 0 spiro atoms. The first kappa shape index (κ1) is 19.4. The lowest BCUT2D eigenvalue weighted by molar-refractivity contribution is -0.148. The van der Waals surface area contributed by atoms with E-state index in [1.807, 2.05) is 0 Å². The van der Waals surface area contributed by atoms with Crippen molar-refractivity contribution < 1.29 is 27.1 Å². The molecule has 0 saturated carbocycles. The number of hydrogen-bond donors (Lipinski definition) is 1. The van der Waals surface area contributed by atoms with E-state index in [0.717, 1.165) is 0 Å². The topological polar surface area (TPSA) is 54.5 Å². The van der Waals surface area contributed by atoms with Crippen LogP contribution in [0, 0.1) is 0 Å². The van der Waals surface area contributed by atoms with Crippen LogP contribution in [0.15, 0.2) is 18.3 Å². The van der Waals surface area contributed by atoms with Gasteiger partial charge in [-0.05, 0) is 6.07 Å². The van der Waals surface area contributed by atoms with Gasteiger partial charge in [0.15, 0.2) is 6.61 Å². The van der Waals surface area contributed by atoms with Crippen LogP contribution in [0.5, 0.6) is 5.88 Å². The SMILES string of the molecule is Cl.O=C(c1ccc(OCC(F)(F)C(F)F)nc1)N1CCNCC1. The Kier molecular flexibility index (Phi) is 7.01. The van der Waals surface area contributed by atoms with Crippen molar-refractivity contribution in [2.45, 2.75) is 12.3 Å². The molecule has 1 fully saturated rings. The molecular formula is C13H16ClF4N3O2. The third-order valence-corrected chi connectivity index (χ3v) is 3.12. The summed E-state index contributed by atoms with van der Waals surface area (Å²) in [4.78, 5) is 17.4. The minimum absolute atomic E-state index is 0. The maximum absolute atomic E-state index is 12.7. The van der Waals surface area contributed by atoms with Crippen molar-refractivity contribution >= 4 is 18.3 Å². The summed E-state index contributed by atoms with van der Waals surface area (Å²) < 4.78 is 53.9. The average molecular weight is 358 g/mol. The van der Waals surface area contributed by atoms with Gasteiger partial charge in [0.2, 0.25) is 5.88 Å². The average Bonchev–Trinajstić information content (AvgIpc) is 2.53. The third-order valence-electron chi connectivity index (χ3n) is 3.12. The number of nitrogens with one attached hydrogen (secondary N) is 1. The second kappa shape index (κ2) is 8.30. The number of nitrogens with zero attached hydrogens (tertiary/aromatic N) is 2. The summed E-state index contributed by atoms with van der Waals surface area (Å²) in [6.45, 7) is 1.06. The van der Waals surface area contributed by atoms with Crippen LogP contribution in [0.1, 0.15) is 10.4 Å². The largest absolute Gasteiger partial charge is 0.471 e. The summed E-state index contributed by atoms with van der Waals surface area (Å²) in [6, 6.07) is 2.57. The molecule has 23 heavy (non-hydrogen) atoms. The molecule has 1 N–H and O–H groups in total. The van der Waals surface area contributed by atoms with Crippen molar-refractivity contribution in [2.75, 3.05) is 32.8 Å². The molecule has 0 unspecified atom stereocenters. The normalized spacial score (nSPS) is 15.3. The molecular weight excluding hydrogens is 342 g/mol. The monoisotopic (exact) mass is 357 g/mol. The number of hydrogen-bond acceptors (Lipinski definition) is 4. The van der Waals surface area contributed by atoms with E-state index in [4.69, 9.17) is 0 Å². The van der Waals surface area contributed by atoms with Crippen molar-refractivity contribution in [1.29, 1.82) is 0 Å². The molecule has 0 radical (unpaired) electrons. The fourth-order valence-electron chi connectivity index (χ4n) is 1.88. The van der Waals surface area contributed by atoms with Gasteiger partial charge in [-0.3, -0.25) is 4.79 Å². The van der Waals surface area contributed by atoms with Gasteiger partial charge in [-0.15, -0.1) is 12.4 Å². The first-order chi connectivity index (χ1) is 10.4. The first-order valence-electron chi connectivity index (χ1n) is 6.65. The fourth-order valence-corrected chi connectivity index (χ4v) is 1.88. The van der Waals surface area contributed by atoms with E-state index in [1.54, 1.807) is 4.90 Å². The molecule has 2 heterocycles. The summed E-state index contributed by atoms with van der Waals surface area (Å²) in [7, 11) is 0. The van der Waals surface area contributed by atoms with Crippen LogP contribution in [-0.2, 0) is 0 Å². The number of alkyl halides is 4. The molecule has 10 heteroatoms. The van der Waals surface area contributed by atoms with E-state index in [0.29, 0.717) is 26.2 Å². The molecule has 0 aliphatic carbocycles. The Morgan fingerprint density at radius 1 is 1.35 bits per heavy atom. The van der Waals surface area contributed by atoms with E-state index in [-0.39, 0.29) is 29.8 Å². The molecule has 5 nitrogen and oxygen atoms in total. The molecule has 2 rings (SSSR count). The standard InChI is InChI=1S/C13H15F4N3O2.ClH/c14-12(15)13(16,17)8-22-10-2-1-9(7-19-10)11(21)20-5-3-18-4-6-20;/h1-2,7,12,18H,3-6,8H2;1H. The van der Waals surface area contributed by atoms with Gasteiger partial charge >= 0.3 is 12.3 Å². The van der Waals surface area contributed by atoms with Crippen molar-refractivity contribution in [3.63, 3.8) is 0 Å². The third kappa shape index (κ3) is 5.21. The number of carbonyl (C=O) groups is 1. The number of piperazine rings is 1. The molecule has 130 valence electrons. The predicted molar refractivity (Wildman–Crippen MR) is 76.7 cm³/mol. The first-order valence-corrected chi connectivity index (χ1v) is 6.65. The van der Waals surface area contributed by atoms with E-state index in [1.165, 1.54) is 18.3 Å². The van der Waals surface area contributed by atoms with Gasteiger partial charge in [0.05, 0.1) is 5.56 Å². The zero-order valence-corrected chi connectivity index (χ0v) is 12.8. The predicted octanol–water partition coefficient (Wildman–Crippen LogP) is 1.83. The number of carbonyl (C=O) groups excluding carboxylic acids is 1. The number of pyridine rings is 1. The van der Waals surface area contributed by atoms with Gasteiger partial charge < -0.3 is 15.0 Å². The minimum atomic E-state index is -4.24. The lowest BCUT2D eigenvalue weighted by atomic mass is 10.2. The van der Waals surface area contributed by atoms with Crippen LogP contribution in [0.4, 0.5) is 17.6 Å². The second-order valence-electron chi connectivity index (χ2n) is 4.78. The van der Waals surface area contributed by atoms with Crippen LogP contribution in [0.25, 0.3) is 0 Å². The van der Waals surface area contributed by atoms with Gasteiger partial charge in [-0.2, -0.15) is 8.78 Å². The van der Waals surface area contributed by atoms with E-state index in [2.05, 4.69) is 15.0 Å². The van der Waals surface area contributed by atoms with Gasteiger partial charge in [0, 0.05) is 38.4 Å². The number of aromatic nitrogens is 1. The summed E-state index contributed by atoms with van der Waals surface area (Å²) in [5.41, 5.74) is 0.287. The highest BCUT2D eigenvalue weighted by Crippen LogP contribution is 2.23. The second-order valence-corrected chi connectivity index (χ2v) is 4.78. The van der Waals surface area contributed by atoms with Crippen molar-refractivity contribution in [3.8, 4) is 5.88 Å². The number of amides is 1. The molecule has 1 saturated heterocycles. The maximum atomic E-state index is 12.7. The molecule has 0 aromatic carbocycles. The Bertz CT molecular complexity index is 510. The summed E-state index contributed by atoms with van der Waals surface area (Å²) in [5.74, 6) is -4.70. The Morgan fingerprint density at radius 2 is 2.00 bits per heavy atom. The van der Waals surface area contributed by atoms with E-state index in [9.17, 15) is 22.4 Å². The van der Waals surface area contributed by atoms with Crippen LogP contribution < -0.4 is 10.1 Å². The quantitative estimate of drug-likeness (QED) is 0.817. The van der Waals surface area contributed by atoms with Crippen LogP contribution in [0.2, 0.25) is 0 Å². The van der Waals surface area contributed by atoms with Crippen molar-refractivity contribution in [3.05, 3.63) is 23.9 Å². The summed E-state index contributed by atoms with van der Waals surface area (Å²) >= 11 is 0. The van der Waals surface area contributed by atoms with Gasteiger partial charge in [0.1, 0.15) is 0 Å². The number of rotatable bonds is 5. The molecule has 0 atom stereocenters. The Hall–Kier alpha value is -1.61. The van der Waals surface area contributed by atoms with E-state index < -0.39 is 19.0 Å². The van der Waals surface area contributed by atoms with Gasteiger partial charge in [-0.1, -0.05) is 0 Å². The minimum Gasteiger partial charge on any atom is -0.471 e. The zero-order chi connectivity index (χ0) is 16.2. The maximum Gasteiger partial charge on any atom is 0.340 e. The molecule has 1 amide bonds. The number of ether oxygens (including phenoxy) is 1. The number of halogens is 5. The highest BCUT2D eigenvalue weighted by Gasteiger charge is 2.41. The highest BCUT2D eigenvalue weighted by atomic mass is 35.5. The van der Waals surface area contributed by atoms with Crippen LogP contribution in [-0.4, -0.2) is 60.9 Å². The molecule has 1 aromatic heterocycles. The lowest BCUT2D eigenvalue weighted by Crippen LogP contribution is -2.46. The fraction of sp³-hybridized carbons (Fsp3) is 0.538. The summed E-state index contributed by atoms with van der Waals surface area (Å²) in [6.07, 6.45) is -2.62. The van der Waals surface area contributed by atoms with Gasteiger partial charge in [-0.25, -0.2) is 13.8 Å². The summed E-state index contributed by atoms with van der Waals surface area (Å²) in [5, 5.41) is 3.11. The Balaban J connectivity index is 0.00000264. The molecule has 0 bridgehead atoms. The Morgan fingerprint density at radius 3 is 2.52 bits per heavy atom.